The number of aryl methyl sites for hydroxylation is 1. The van der Waals surface area contributed by atoms with Crippen LogP contribution in [0.2, 0.25) is 0 Å². The molecule has 0 radical (unpaired) electrons. The van der Waals surface area contributed by atoms with Gasteiger partial charge in [-0.3, -0.25) is 0 Å². The van der Waals surface area contributed by atoms with E-state index in [0.29, 0.717) is 0 Å². The van der Waals surface area contributed by atoms with E-state index in [1.54, 1.807) is 11.3 Å². The summed E-state index contributed by atoms with van der Waals surface area (Å²) >= 11 is 1.77. The highest BCUT2D eigenvalue weighted by Gasteiger charge is 2.00. The molecule has 1 N–H and O–H groups in total. The minimum absolute atomic E-state index is 0.749. The fraction of sp³-hybridized carbons (Fsp3) is 0.154. The first-order valence-corrected chi connectivity index (χ1v) is 6.38. The number of rotatable bonds is 3. The van der Waals surface area contributed by atoms with Crippen LogP contribution in [0.3, 0.4) is 0 Å². The van der Waals surface area contributed by atoms with Crippen molar-refractivity contribution in [2.24, 2.45) is 7.05 Å². The molecule has 0 bridgehead atoms. The van der Waals surface area contributed by atoms with Crippen LogP contribution in [0.1, 0.15) is 5.82 Å². The molecule has 0 saturated heterocycles. The van der Waals surface area contributed by atoms with Gasteiger partial charge in [-0.2, -0.15) is 0 Å². The summed E-state index contributed by atoms with van der Waals surface area (Å²) in [5.74, 6) is 1.04. The topological polar surface area (TPSA) is 29.9 Å². The van der Waals surface area contributed by atoms with E-state index in [9.17, 15) is 0 Å². The number of hydrogen-bond donors (Lipinski definition) is 1. The van der Waals surface area contributed by atoms with Crippen molar-refractivity contribution in [1.29, 1.82) is 0 Å². The van der Waals surface area contributed by atoms with Crippen molar-refractivity contribution in [2.45, 2.75) is 6.54 Å². The molecule has 0 amide bonds. The standard InChI is InChI=1S/C13H13N3S/c1-16-6-5-14-13(16)9-15-11-2-3-12-10(8-11)4-7-17-12/h2-8,15H,9H2,1H3. The van der Waals surface area contributed by atoms with Crippen molar-refractivity contribution in [2.75, 3.05) is 5.32 Å². The minimum Gasteiger partial charge on any atom is -0.378 e. The number of hydrogen-bond acceptors (Lipinski definition) is 3. The number of aromatic nitrogens is 2. The molecule has 0 atom stereocenters. The van der Waals surface area contributed by atoms with E-state index >= 15 is 0 Å². The molecule has 86 valence electrons. The summed E-state index contributed by atoms with van der Waals surface area (Å²) in [6, 6.07) is 8.59. The van der Waals surface area contributed by atoms with Crippen LogP contribution in [0.15, 0.2) is 42.0 Å². The largest absolute Gasteiger partial charge is 0.378 e. The molecule has 17 heavy (non-hydrogen) atoms. The van der Waals surface area contributed by atoms with E-state index in [1.807, 2.05) is 24.0 Å². The molecule has 0 unspecified atom stereocenters. The van der Waals surface area contributed by atoms with Gasteiger partial charge in [-0.15, -0.1) is 11.3 Å². The molecule has 0 aliphatic heterocycles. The Morgan fingerprint density at radius 3 is 3.12 bits per heavy atom. The maximum absolute atomic E-state index is 4.29. The minimum atomic E-state index is 0.749. The Balaban J connectivity index is 1.78. The highest BCUT2D eigenvalue weighted by atomic mass is 32.1. The third-order valence-corrected chi connectivity index (χ3v) is 3.72. The van der Waals surface area contributed by atoms with Gasteiger partial charge in [0, 0.05) is 29.8 Å². The predicted octanol–water partition coefficient (Wildman–Crippen LogP) is 3.25. The van der Waals surface area contributed by atoms with Crippen molar-refractivity contribution in [3.8, 4) is 0 Å². The summed E-state index contributed by atoms with van der Waals surface area (Å²) in [7, 11) is 2.01. The van der Waals surface area contributed by atoms with Crippen molar-refractivity contribution in [3.05, 3.63) is 47.9 Å². The quantitative estimate of drug-likeness (QED) is 0.765. The number of anilines is 1. The lowest BCUT2D eigenvalue weighted by Gasteiger charge is -2.06. The van der Waals surface area contributed by atoms with E-state index in [4.69, 9.17) is 0 Å². The van der Waals surface area contributed by atoms with Gasteiger partial charge >= 0.3 is 0 Å². The number of fused-ring (bicyclic) bond motifs is 1. The summed E-state index contributed by atoms with van der Waals surface area (Å²) < 4.78 is 3.35. The van der Waals surface area contributed by atoms with Crippen LogP contribution in [-0.2, 0) is 13.6 Å². The summed E-state index contributed by atoms with van der Waals surface area (Å²) in [5.41, 5.74) is 1.14. The van der Waals surface area contributed by atoms with Crippen LogP contribution in [0.5, 0.6) is 0 Å². The highest BCUT2D eigenvalue weighted by molar-refractivity contribution is 7.17. The average molecular weight is 243 g/mol. The first kappa shape index (κ1) is 10.4. The lowest BCUT2D eigenvalue weighted by Crippen LogP contribution is -2.05. The van der Waals surface area contributed by atoms with Crippen LogP contribution >= 0.6 is 11.3 Å². The van der Waals surface area contributed by atoms with Gasteiger partial charge in [-0.05, 0) is 35.0 Å². The fourth-order valence-electron chi connectivity index (χ4n) is 1.82. The lowest BCUT2D eigenvalue weighted by atomic mass is 10.2. The van der Waals surface area contributed by atoms with Crippen LogP contribution < -0.4 is 5.32 Å². The maximum atomic E-state index is 4.29. The van der Waals surface area contributed by atoms with Gasteiger partial charge in [-0.25, -0.2) is 4.98 Å². The number of nitrogens with zero attached hydrogens (tertiary/aromatic N) is 2. The normalized spacial score (nSPS) is 10.9. The Kier molecular flexibility index (Phi) is 2.57. The number of benzene rings is 1. The summed E-state index contributed by atoms with van der Waals surface area (Å²) in [5, 5.41) is 6.80. The monoisotopic (exact) mass is 243 g/mol. The zero-order chi connectivity index (χ0) is 11.7. The molecule has 1 aromatic carbocycles. The molecule has 0 aliphatic rings. The zero-order valence-electron chi connectivity index (χ0n) is 9.55. The summed E-state index contributed by atoms with van der Waals surface area (Å²) in [4.78, 5) is 4.29. The maximum Gasteiger partial charge on any atom is 0.127 e. The molecule has 2 aromatic heterocycles. The molecule has 4 heteroatoms. The van der Waals surface area contributed by atoms with Gasteiger partial charge < -0.3 is 9.88 Å². The van der Waals surface area contributed by atoms with Crippen LogP contribution in [0.4, 0.5) is 5.69 Å². The number of nitrogens with one attached hydrogen (secondary N) is 1. The van der Waals surface area contributed by atoms with E-state index in [1.165, 1.54) is 10.1 Å². The molecule has 2 heterocycles. The molecule has 0 spiro atoms. The summed E-state index contributed by atoms with van der Waals surface area (Å²) in [6.07, 6.45) is 3.78. The van der Waals surface area contributed by atoms with E-state index in [2.05, 4.69) is 39.9 Å². The van der Waals surface area contributed by atoms with Crippen LogP contribution in [0.25, 0.3) is 10.1 Å². The van der Waals surface area contributed by atoms with Gasteiger partial charge in [-0.1, -0.05) is 0 Å². The predicted molar refractivity (Wildman–Crippen MR) is 72.4 cm³/mol. The molecule has 3 rings (SSSR count). The first-order valence-electron chi connectivity index (χ1n) is 5.50. The molecular weight excluding hydrogens is 230 g/mol. The third kappa shape index (κ3) is 2.03. The smallest absolute Gasteiger partial charge is 0.127 e. The molecular formula is C13H13N3S. The van der Waals surface area contributed by atoms with Crippen molar-refractivity contribution in [3.63, 3.8) is 0 Å². The van der Waals surface area contributed by atoms with Crippen molar-refractivity contribution in [1.82, 2.24) is 9.55 Å². The second-order valence-electron chi connectivity index (χ2n) is 3.98. The molecule has 3 nitrogen and oxygen atoms in total. The Labute approximate surface area is 104 Å². The van der Waals surface area contributed by atoms with Crippen molar-refractivity contribution < 1.29 is 0 Å². The second kappa shape index (κ2) is 4.22. The van der Waals surface area contributed by atoms with Crippen LogP contribution in [-0.4, -0.2) is 9.55 Å². The molecule has 3 aromatic rings. The molecule has 0 saturated carbocycles. The van der Waals surface area contributed by atoms with E-state index < -0.39 is 0 Å². The van der Waals surface area contributed by atoms with Gasteiger partial charge in [0.25, 0.3) is 0 Å². The van der Waals surface area contributed by atoms with Gasteiger partial charge in [0.05, 0.1) is 6.54 Å². The van der Waals surface area contributed by atoms with Gasteiger partial charge in [0.15, 0.2) is 0 Å². The Morgan fingerprint density at radius 1 is 1.35 bits per heavy atom. The van der Waals surface area contributed by atoms with Gasteiger partial charge in [0.2, 0.25) is 0 Å². The highest BCUT2D eigenvalue weighted by Crippen LogP contribution is 2.24. The average Bonchev–Trinajstić information content (AvgIpc) is 2.94. The van der Waals surface area contributed by atoms with Gasteiger partial charge in [0.1, 0.15) is 5.82 Å². The Hall–Kier alpha value is -1.81. The molecule has 0 aliphatic carbocycles. The number of thiophene rings is 1. The van der Waals surface area contributed by atoms with Crippen LogP contribution in [0, 0.1) is 0 Å². The third-order valence-electron chi connectivity index (χ3n) is 2.82. The Morgan fingerprint density at radius 2 is 2.29 bits per heavy atom. The van der Waals surface area contributed by atoms with Crippen molar-refractivity contribution >= 4 is 27.1 Å². The molecule has 0 fully saturated rings. The SMILES string of the molecule is Cn1ccnc1CNc1ccc2sccc2c1. The number of imidazole rings is 1. The second-order valence-corrected chi connectivity index (χ2v) is 4.93. The Bertz CT molecular complexity index is 639. The van der Waals surface area contributed by atoms with E-state index in [0.717, 1.165) is 18.1 Å². The zero-order valence-corrected chi connectivity index (χ0v) is 10.4. The summed E-state index contributed by atoms with van der Waals surface area (Å²) in [6.45, 7) is 0.749. The first-order chi connectivity index (χ1) is 8.33. The van der Waals surface area contributed by atoms with E-state index in [-0.39, 0.29) is 0 Å². The lowest BCUT2D eigenvalue weighted by molar-refractivity contribution is 0.813. The fourth-order valence-corrected chi connectivity index (χ4v) is 2.60.